The summed E-state index contributed by atoms with van der Waals surface area (Å²) >= 11 is 0. The van der Waals surface area contributed by atoms with Crippen molar-refractivity contribution in [2.24, 2.45) is 5.73 Å². The third-order valence-electron chi connectivity index (χ3n) is 2.80. The van der Waals surface area contributed by atoms with E-state index in [1.807, 2.05) is 31.2 Å². The Bertz CT molecular complexity index is 396. The molecule has 0 bridgehead atoms. The van der Waals surface area contributed by atoms with Gasteiger partial charge in [-0.1, -0.05) is 12.1 Å². The second-order valence-electron chi connectivity index (χ2n) is 4.25. The molecule has 5 nitrogen and oxygen atoms in total. The molecule has 3 N–H and O–H groups in total. The number of nitrogens with one attached hydrogen (secondary N) is 1. The Labute approximate surface area is 108 Å². The van der Waals surface area contributed by atoms with Crippen LogP contribution in [0.25, 0.3) is 0 Å². The number of methoxy groups -OCH3 is 1. The summed E-state index contributed by atoms with van der Waals surface area (Å²) in [7, 11) is 3.36. The molecule has 0 aromatic heterocycles. The lowest BCUT2D eigenvalue weighted by Gasteiger charge is -2.24. The van der Waals surface area contributed by atoms with Gasteiger partial charge >= 0.3 is 6.03 Å². The van der Waals surface area contributed by atoms with E-state index in [0.29, 0.717) is 13.2 Å². The van der Waals surface area contributed by atoms with E-state index in [4.69, 9.17) is 10.5 Å². The number of benzene rings is 1. The molecule has 0 aliphatic rings. The Morgan fingerprint density at radius 2 is 2.28 bits per heavy atom. The zero-order valence-corrected chi connectivity index (χ0v) is 11.1. The van der Waals surface area contributed by atoms with Crippen molar-refractivity contribution in [1.82, 2.24) is 4.90 Å². The van der Waals surface area contributed by atoms with E-state index in [1.165, 1.54) is 0 Å². The quantitative estimate of drug-likeness (QED) is 0.836. The number of likely N-dealkylation sites (N-methyl/N-ethyl adjacent to an activating group) is 1. The number of carbonyl (C=O) groups excluding carboxylic acids is 1. The van der Waals surface area contributed by atoms with Crippen LogP contribution in [0.3, 0.4) is 0 Å². The molecule has 1 unspecified atom stereocenters. The zero-order chi connectivity index (χ0) is 13.5. The summed E-state index contributed by atoms with van der Waals surface area (Å²) in [6, 6.07) is 7.36. The lowest BCUT2D eigenvalue weighted by atomic mass is 10.2. The lowest BCUT2D eigenvalue weighted by molar-refractivity contribution is 0.128. The molecular formula is C13H21N3O2. The van der Waals surface area contributed by atoms with Crippen LogP contribution in [-0.2, 0) is 11.3 Å². The van der Waals surface area contributed by atoms with E-state index in [-0.39, 0.29) is 12.1 Å². The van der Waals surface area contributed by atoms with Gasteiger partial charge in [-0.2, -0.15) is 0 Å². The molecule has 0 radical (unpaired) electrons. The van der Waals surface area contributed by atoms with Crippen molar-refractivity contribution in [2.75, 3.05) is 26.1 Å². The fraction of sp³-hybridized carbons (Fsp3) is 0.462. The van der Waals surface area contributed by atoms with Gasteiger partial charge in [0.15, 0.2) is 0 Å². The normalized spacial score (nSPS) is 12.0. The van der Waals surface area contributed by atoms with Gasteiger partial charge in [-0.25, -0.2) is 4.79 Å². The van der Waals surface area contributed by atoms with E-state index in [0.717, 1.165) is 11.3 Å². The van der Waals surface area contributed by atoms with Crippen LogP contribution in [0.2, 0.25) is 0 Å². The van der Waals surface area contributed by atoms with Crippen LogP contribution in [0.15, 0.2) is 24.3 Å². The predicted octanol–water partition coefficient (Wildman–Crippen LogP) is 1.64. The minimum absolute atomic E-state index is 0.0210. The van der Waals surface area contributed by atoms with Crippen LogP contribution in [0.4, 0.5) is 10.5 Å². The largest absolute Gasteiger partial charge is 0.383 e. The van der Waals surface area contributed by atoms with Crippen LogP contribution >= 0.6 is 0 Å². The summed E-state index contributed by atoms with van der Waals surface area (Å²) in [4.78, 5) is 13.6. The summed E-state index contributed by atoms with van der Waals surface area (Å²) in [6.07, 6.45) is 0. The Hall–Kier alpha value is -1.59. The highest BCUT2D eigenvalue weighted by Crippen LogP contribution is 2.11. The molecule has 2 amide bonds. The van der Waals surface area contributed by atoms with Crippen molar-refractivity contribution in [1.29, 1.82) is 0 Å². The summed E-state index contributed by atoms with van der Waals surface area (Å²) < 4.78 is 5.02. The van der Waals surface area contributed by atoms with Crippen molar-refractivity contribution >= 4 is 11.7 Å². The van der Waals surface area contributed by atoms with Gasteiger partial charge in [-0.3, -0.25) is 0 Å². The molecule has 0 fully saturated rings. The van der Waals surface area contributed by atoms with E-state index in [2.05, 4.69) is 5.32 Å². The smallest absolute Gasteiger partial charge is 0.321 e. The third-order valence-corrected chi connectivity index (χ3v) is 2.80. The van der Waals surface area contributed by atoms with Crippen LogP contribution in [0.5, 0.6) is 0 Å². The molecule has 1 atom stereocenters. The van der Waals surface area contributed by atoms with Crippen molar-refractivity contribution in [2.45, 2.75) is 19.5 Å². The molecule has 0 saturated heterocycles. The third kappa shape index (κ3) is 4.01. The van der Waals surface area contributed by atoms with Gasteiger partial charge in [-0.05, 0) is 24.6 Å². The van der Waals surface area contributed by atoms with Gasteiger partial charge in [-0.15, -0.1) is 0 Å². The number of ether oxygens (including phenoxy) is 1. The Morgan fingerprint density at radius 1 is 1.56 bits per heavy atom. The predicted molar refractivity (Wildman–Crippen MR) is 72.5 cm³/mol. The van der Waals surface area contributed by atoms with Crippen molar-refractivity contribution in [3.63, 3.8) is 0 Å². The number of urea groups is 1. The van der Waals surface area contributed by atoms with Gasteiger partial charge in [0.25, 0.3) is 0 Å². The Balaban J connectivity index is 2.63. The molecule has 18 heavy (non-hydrogen) atoms. The van der Waals surface area contributed by atoms with Gasteiger partial charge in [0, 0.05) is 26.4 Å². The lowest BCUT2D eigenvalue weighted by Crippen LogP contribution is -2.40. The van der Waals surface area contributed by atoms with E-state index < -0.39 is 0 Å². The average Bonchev–Trinajstić information content (AvgIpc) is 2.38. The molecule has 0 spiro atoms. The second-order valence-corrected chi connectivity index (χ2v) is 4.25. The summed E-state index contributed by atoms with van der Waals surface area (Å²) in [5, 5.41) is 2.83. The van der Waals surface area contributed by atoms with E-state index in [9.17, 15) is 4.79 Å². The zero-order valence-electron chi connectivity index (χ0n) is 11.1. The Kier molecular flexibility index (Phi) is 5.61. The fourth-order valence-electron chi connectivity index (χ4n) is 1.54. The van der Waals surface area contributed by atoms with Gasteiger partial charge in [0.05, 0.1) is 12.6 Å². The maximum atomic E-state index is 12.0. The number of carbonyl (C=O) groups is 1. The summed E-state index contributed by atoms with van der Waals surface area (Å²) in [6.45, 7) is 2.89. The van der Waals surface area contributed by atoms with Crippen molar-refractivity contribution < 1.29 is 9.53 Å². The maximum absolute atomic E-state index is 12.0. The molecule has 1 aromatic carbocycles. The van der Waals surface area contributed by atoms with E-state index in [1.54, 1.807) is 19.1 Å². The monoisotopic (exact) mass is 251 g/mol. The number of nitrogens with zero attached hydrogens (tertiary/aromatic N) is 1. The highest BCUT2D eigenvalue weighted by molar-refractivity contribution is 5.89. The Morgan fingerprint density at radius 3 is 2.89 bits per heavy atom. The summed E-state index contributed by atoms with van der Waals surface area (Å²) in [5.41, 5.74) is 7.29. The van der Waals surface area contributed by atoms with Crippen LogP contribution < -0.4 is 11.1 Å². The van der Waals surface area contributed by atoms with Gasteiger partial charge in [0.2, 0.25) is 0 Å². The molecule has 5 heteroatoms. The molecular weight excluding hydrogens is 230 g/mol. The number of rotatable bonds is 5. The number of anilines is 1. The van der Waals surface area contributed by atoms with Crippen LogP contribution in [0.1, 0.15) is 12.5 Å². The molecule has 1 rings (SSSR count). The minimum atomic E-state index is -0.159. The minimum Gasteiger partial charge on any atom is -0.383 e. The van der Waals surface area contributed by atoms with Crippen molar-refractivity contribution in [3.8, 4) is 0 Å². The number of hydrogen-bond donors (Lipinski definition) is 2. The van der Waals surface area contributed by atoms with Crippen molar-refractivity contribution in [3.05, 3.63) is 29.8 Å². The topological polar surface area (TPSA) is 67.6 Å². The van der Waals surface area contributed by atoms with Crippen LogP contribution in [0, 0.1) is 0 Å². The molecule has 0 heterocycles. The first kappa shape index (κ1) is 14.5. The summed E-state index contributed by atoms with van der Waals surface area (Å²) in [5.74, 6) is 0. The first-order valence-electron chi connectivity index (χ1n) is 5.90. The molecule has 100 valence electrons. The first-order chi connectivity index (χ1) is 8.58. The number of amides is 2. The molecule has 1 aromatic rings. The fourth-order valence-corrected chi connectivity index (χ4v) is 1.54. The molecule has 0 saturated carbocycles. The van der Waals surface area contributed by atoms with E-state index >= 15 is 0 Å². The van der Waals surface area contributed by atoms with Gasteiger partial charge < -0.3 is 20.7 Å². The van der Waals surface area contributed by atoms with Gasteiger partial charge in [0.1, 0.15) is 0 Å². The SMILES string of the molecule is COCC(C)N(C)C(=O)Nc1cccc(CN)c1. The van der Waals surface area contributed by atoms with Crippen LogP contribution in [-0.4, -0.2) is 37.7 Å². The molecule has 0 aliphatic heterocycles. The molecule has 0 aliphatic carbocycles. The highest BCUT2D eigenvalue weighted by Gasteiger charge is 2.15. The standard InChI is InChI=1S/C13H21N3O2/c1-10(9-18-3)16(2)13(17)15-12-6-4-5-11(7-12)8-14/h4-7,10H,8-9,14H2,1-3H3,(H,15,17). The average molecular weight is 251 g/mol. The number of hydrogen-bond acceptors (Lipinski definition) is 3. The highest BCUT2D eigenvalue weighted by atomic mass is 16.5. The maximum Gasteiger partial charge on any atom is 0.321 e. The second kappa shape index (κ2) is 6.98. The number of nitrogens with two attached hydrogens (primary N) is 1. The first-order valence-corrected chi connectivity index (χ1v) is 5.90.